The second-order valence-electron chi connectivity index (χ2n) is 4.59. The van der Waals surface area contributed by atoms with Crippen LogP contribution in [0, 0.1) is 0 Å². The van der Waals surface area contributed by atoms with E-state index < -0.39 is 0 Å². The van der Waals surface area contributed by atoms with Gasteiger partial charge in [-0.1, -0.05) is 6.92 Å². The molecule has 0 aliphatic carbocycles. The van der Waals surface area contributed by atoms with Crippen LogP contribution in [0.5, 0.6) is 0 Å². The molecule has 3 N–H and O–H groups in total. The van der Waals surface area contributed by atoms with Gasteiger partial charge in [-0.3, -0.25) is 4.79 Å². The topological polar surface area (TPSA) is 68.0 Å². The van der Waals surface area contributed by atoms with Crippen molar-refractivity contribution >= 4 is 17.2 Å². The van der Waals surface area contributed by atoms with E-state index in [-0.39, 0.29) is 17.5 Å². The Morgan fingerprint density at radius 1 is 1.71 bits per heavy atom. The minimum atomic E-state index is -0.358. The van der Waals surface area contributed by atoms with Crippen molar-refractivity contribution in [2.75, 3.05) is 0 Å². The van der Waals surface area contributed by atoms with Crippen LogP contribution in [-0.4, -0.2) is 16.9 Å². The van der Waals surface area contributed by atoms with Crippen molar-refractivity contribution in [2.24, 2.45) is 5.73 Å². The molecule has 17 heavy (non-hydrogen) atoms. The first-order valence-electron chi connectivity index (χ1n) is 5.94. The Morgan fingerprint density at radius 3 is 2.88 bits per heavy atom. The molecule has 4 nitrogen and oxygen atoms in total. The Balaban J connectivity index is 2.60. The summed E-state index contributed by atoms with van der Waals surface area (Å²) < 4.78 is 0. The third-order valence-corrected chi connectivity index (χ3v) is 3.89. The highest BCUT2D eigenvalue weighted by atomic mass is 32.1. The number of nitrogens with one attached hydrogen (secondary N) is 1. The molecule has 0 aromatic carbocycles. The van der Waals surface area contributed by atoms with Crippen molar-refractivity contribution < 1.29 is 4.79 Å². The van der Waals surface area contributed by atoms with Crippen LogP contribution in [0.3, 0.4) is 0 Å². The average molecular weight is 255 g/mol. The lowest BCUT2D eigenvalue weighted by Gasteiger charge is -2.27. The van der Waals surface area contributed by atoms with Gasteiger partial charge in [0.1, 0.15) is 5.01 Å². The van der Waals surface area contributed by atoms with Gasteiger partial charge in [0.15, 0.2) is 0 Å². The quantitative estimate of drug-likeness (QED) is 0.817. The number of nitrogens with zero attached hydrogens (tertiary/aromatic N) is 1. The zero-order valence-electron chi connectivity index (χ0n) is 10.7. The highest BCUT2D eigenvalue weighted by molar-refractivity contribution is 7.09. The van der Waals surface area contributed by atoms with Crippen LogP contribution in [0.15, 0.2) is 11.6 Å². The average Bonchev–Trinajstić information content (AvgIpc) is 2.80. The predicted octanol–water partition coefficient (Wildman–Crippen LogP) is 2.01. The summed E-state index contributed by atoms with van der Waals surface area (Å²) in [6.45, 7) is 5.97. The van der Waals surface area contributed by atoms with Crippen LogP contribution in [0.4, 0.5) is 0 Å². The molecule has 0 fully saturated rings. The van der Waals surface area contributed by atoms with E-state index in [1.54, 1.807) is 17.5 Å². The maximum Gasteiger partial charge on any atom is 0.220 e. The molecule has 1 aromatic heterocycles. The van der Waals surface area contributed by atoms with E-state index in [1.165, 1.54) is 0 Å². The predicted molar refractivity (Wildman–Crippen MR) is 70.8 cm³/mol. The SMILES string of the molecule is CCC(C)(NC(=O)CCC(C)N)c1nccs1. The fraction of sp³-hybridized carbons (Fsp3) is 0.667. The highest BCUT2D eigenvalue weighted by Gasteiger charge is 2.28. The molecular weight excluding hydrogens is 234 g/mol. The Labute approximate surface area is 107 Å². The van der Waals surface area contributed by atoms with E-state index in [4.69, 9.17) is 5.73 Å². The van der Waals surface area contributed by atoms with Gasteiger partial charge in [-0.25, -0.2) is 4.98 Å². The smallest absolute Gasteiger partial charge is 0.220 e. The molecule has 5 heteroatoms. The molecule has 0 saturated heterocycles. The first-order chi connectivity index (χ1) is 7.98. The summed E-state index contributed by atoms with van der Waals surface area (Å²) in [6.07, 6.45) is 3.77. The minimum absolute atomic E-state index is 0.0434. The molecule has 2 atom stereocenters. The Kier molecular flexibility index (Phi) is 5.08. The lowest BCUT2D eigenvalue weighted by molar-refractivity contribution is -0.123. The molecule has 0 aliphatic heterocycles. The maximum atomic E-state index is 11.8. The number of nitrogens with two attached hydrogens (primary N) is 1. The first-order valence-corrected chi connectivity index (χ1v) is 6.82. The van der Waals surface area contributed by atoms with Gasteiger partial charge in [0.05, 0.1) is 5.54 Å². The molecule has 1 rings (SSSR count). The van der Waals surface area contributed by atoms with E-state index in [1.807, 2.05) is 26.2 Å². The molecule has 1 aromatic rings. The minimum Gasteiger partial charge on any atom is -0.344 e. The summed E-state index contributed by atoms with van der Waals surface area (Å²) in [5, 5.41) is 5.94. The van der Waals surface area contributed by atoms with E-state index >= 15 is 0 Å². The lowest BCUT2D eigenvalue weighted by Crippen LogP contribution is -2.43. The van der Waals surface area contributed by atoms with E-state index in [9.17, 15) is 4.79 Å². The summed E-state index contributed by atoms with van der Waals surface area (Å²) in [5.74, 6) is 0.0434. The van der Waals surface area contributed by atoms with Gasteiger partial charge in [0, 0.05) is 24.0 Å². The zero-order chi connectivity index (χ0) is 12.9. The number of aromatic nitrogens is 1. The molecule has 96 valence electrons. The van der Waals surface area contributed by atoms with E-state index in [0.717, 1.165) is 11.4 Å². The molecule has 2 unspecified atom stereocenters. The number of amides is 1. The number of carbonyl (C=O) groups excluding carboxylic acids is 1. The molecule has 0 radical (unpaired) electrons. The van der Waals surface area contributed by atoms with Crippen molar-refractivity contribution in [3.63, 3.8) is 0 Å². The summed E-state index contributed by atoms with van der Waals surface area (Å²) >= 11 is 1.57. The van der Waals surface area contributed by atoms with Gasteiger partial charge in [-0.2, -0.15) is 0 Å². The van der Waals surface area contributed by atoms with Gasteiger partial charge in [0.25, 0.3) is 0 Å². The molecule has 0 bridgehead atoms. The van der Waals surface area contributed by atoms with E-state index in [0.29, 0.717) is 12.8 Å². The van der Waals surface area contributed by atoms with Crippen molar-refractivity contribution in [3.05, 3.63) is 16.6 Å². The van der Waals surface area contributed by atoms with Crippen LogP contribution in [0.25, 0.3) is 0 Å². The normalized spacial score (nSPS) is 16.2. The number of carbonyl (C=O) groups is 1. The fourth-order valence-corrected chi connectivity index (χ4v) is 2.35. The Bertz CT molecular complexity index is 351. The summed E-state index contributed by atoms with van der Waals surface area (Å²) in [5.41, 5.74) is 5.28. The van der Waals surface area contributed by atoms with Gasteiger partial charge in [-0.15, -0.1) is 11.3 Å². The number of hydrogen-bond acceptors (Lipinski definition) is 4. The van der Waals surface area contributed by atoms with Crippen LogP contribution >= 0.6 is 11.3 Å². The molecule has 0 spiro atoms. The first kappa shape index (κ1) is 14.1. The van der Waals surface area contributed by atoms with Gasteiger partial charge in [-0.05, 0) is 26.7 Å². The largest absolute Gasteiger partial charge is 0.344 e. The van der Waals surface area contributed by atoms with Crippen molar-refractivity contribution in [3.8, 4) is 0 Å². The number of hydrogen-bond donors (Lipinski definition) is 2. The van der Waals surface area contributed by atoms with Gasteiger partial charge < -0.3 is 11.1 Å². The molecule has 1 heterocycles. The highest BCUT2D eigenvalue weighted by Crippen LogP contribution is 2.26. The molecule has 0 saturated carbocycles. The third kappa shape index (κ3) is 4.09. The molecule has 1 amide bonds. The summed E-state index contributed by atoms with van der Waals surface area (Å²) in [4.78, 5) is 16.1. The van der Waals surface area contributed by atoms with Crippen LogP contribution in [-0.2, 0) is 10.3 Å². The number of rotatable bonds is 6. The standard InChI is InChI=1S/C12H21N3OS/c1-4-12(3,11-14-7-8-17-11)15-10(16)6-5-9(2)13/h7-9H,4-6,13H2,1-3H3,(H,15,16). The Hall–Kier alpha value is -0.940. The lowest BCUT2D eigenvalue weighted by atomic mass is 9.99. The fourth-order valence-electron chi connectivity index (χ4n) is 1.52. The summed E-state index contributed by atoms with van der Waals surface area (Å²) in [6, 6.07) is 0.0634. The summed E-state index contributed by atoms with van der Waals surface area (Å²) in [7, 11) is 0. The number of thiazole rings is 1. The third-order valence-electron chi connectivity index (χ3n) is 2.85. The van der Waals surface area contributed by atoms with Crippen molar-refractivity contribution in [2.45, 2.75) is 51.6 Å². The van der Waals surface area contributed by atoms with Gasteiger partial charge in [0.2, 0.25) is 5.91 Å². The second kappa shape index (κ2) is 6.12. The van der Waals surface area contributed by atoms with Gasteiger partial charge >= 0.3 is 0 Å². The second-order valence-corrected chi connectivity index (χ2v) is 5.48. The molecular formula is C12H21N3OS. The molecule has 0 aliphatic rings. The van der Waals surface area contributed by atoms with E-state index in [2.05, 4.69) is 10.3 Å². The van der Waals surface area contributed by atoms with Crippen LogP contribution < -0.4 is 11.1 Å². The maximum absolute atomic E-state index is 11.8. The van der Waals surface area contributed by atoms with Crippen molar-refractivity contribution in [1.29, 1.82) is 0 Å². The van der Waals surface area contributed by atoms with Crippen LogP contribution in [0.1, 0.15) is 45.0 Å². The van der Waals surface area contributed by atoms with Crippen LogP contribution in [0.2, 0.25) is 0 Å². The zero-order valence-corrected chi connectivity index (χ0v) is 11.5. The van der Waals surface area contributed by atoms with Crippen molar-refractivity contribution in [1.82, 2.24) is 10.3 Å². The monoisotopic (exact) mass is 255 g/mol. The Morgan fingerprint density at radius 2 is 2.41 bits per heavy atom.